The average molecular weight is 315 g/mol. The number of piperazine rings is 1. The van der Waals surface area contributed by atoms with Crippen LogP contribution in [0.1, 0.15) is 18.9 Å². The highest BCUT2D eigenvalue weighted by Gasteiger charge is 2.26. The first kappa shape index (κ1) is 15.6. The van der Waals surface area contributed by atoms with Gasteiger partial charge in [0.2, 0.25) is 17.6 Å². The number of hydrogen-bond acceptors (Lipinski definition) is 6. The van der Waals surface area contributed by atoms with Gasteiger partial charge in [-0.2, -0.15) is 4.98 Å². The number of benzene rings is 1. The number of hydrogen-bond donors (Lipinski definition) is 1. The third-order valence-electron chi connectivity index (χ3n) is 4.17. The molecule has 7 nitrogen and oxygen atoms in total. The van der Waals surface area contributed by atoms with Crippen molar-refractivity contribution in [3.05, 3.63) is 36.2 Å². The van der Waals surface area contributed by atoms with Gasteiger partial charge in [0, 0.05) is 31.7 Å². The summed E-state index contributed by atoms with van der Waals surface area (Å²) in [6, 6.07) is 9.83. The second kappa shape index (κ2) is 6.89. The first-order valence-electron chi connectivity index (χ1n) is 7.77. The summed E-state index contributed by atoms with van der Waals surface area (Å²) >= 11 is 0. The van der Waals surface area contributed by atoms with Gasteiger partial charge in [0.05, 0.1) is 12.6 Å². The molecule has 2 aromatic rings. The van der Waals surface area contributed by atoms with Gasteiger partial charge >= 0.3 is 0 Å². The summed E-state index contributed by atoms with van der Waals surface area (Å²) in [4.78, 5) is 19.8. The zero-order valence-electron chi connectivity index (χ0n) is 13.2. The maximum Gasteiger partial charge on any atom is 0.244 e. The van der Waals surface area contributed by atoms with E-state index in [1.807, 2.05) is 30.3 Å². The number of rotatable bonds is 5. The normalized spacial score (nSPS) is 18.0. The Kier molecular flexibility index (Phi) is 4.68. The summed E-state index contributed by atoms with van der Waals surface area (Å²) < 4.78 is 5.43. The number of carbonyl (C=O) groups is 1. The van der Waals surface area contributed by atoms with Crippen LogP contribution in [0.4, 0.5) is 0 Å². The number of amides is 1. The van der Waals surface area contributed by atoms with Crippen molar-refractivity contribution in [1.82, 2.24) is 19.9 Å². The Balaban J connectivity index is 1.62. The maximum atomic E-state index is 11.0. The predicted molar refractivity (Wildman–Crippen MR) is 85.4 cm³/mol. The SMILES string of the molecule is CC(c1nc(-c2ccccc2)no1)N1CCN(CC(N)=O)CC1. The van der Waals surface area contributed by atoms with Gasteiger partial charge in [0.15, 0.2) is 0 Å². The number of nitrogens with zero attached hydrogens (tertiary/aromatic N) is 4. The lowest BCUT2D eigenvalue weighted by molar-refractivity contribution is -0.119. The molecule has 1 aliphatic heterocycles. The Morgan fingerprint density at radius 2 is 1.96 bits per heavy atom. The number of aromatic nitrogens is 2. The second-order valence-electron chi connectivity index (χ2n) is 5.78. The molecule has 2 N–H and O–H groups in total. The minimum atomic E-state index is -0.282. The molecule has 1 unspecified atom stereocenters. The third kappa shape index (κ3) is 3.75. The van der Waals surface area contributed by atoms with Crippen LogP contribution in [0, 0.1) is 0 Å². The molecule has 1 aromatic heterocycles. The van der Waals surface area contributed by atoms with Crippen LogP contribution < -0.4 is 5.73 Å². The van der Waals surface area contributed by atoms with Crippen molar-refractivity contribution in [2.75, 3.05) is 32.7 Å². The van der Waals surface area contributed by atoms with Crippen LogP contribution in [0.5, 0.6) is 0 Å². The summed E-state index contributed by atoms with van der Waals surface area (Å²) in [5.41, 5.74) is 6.18. The smallest absolute Gasteiger partial charge is 0.244 e. The second-order valence-corrected chi connectivity index (χ2v) is 5.78. The standard InChI is InChI=1S/C16H21N5O2/c1-12(21-9-7-20(8-10-21)11-14(17)22)16-18-15(19-23-16)13-5-3-2-4-6-13/h2-6,12H,7-11H2,1H3,(H2,17,22). The molecule has 3 rings (SSSR count). The molecule has 1 aromatic carbocycles. The Hall–Kier alpha value is -2.25. The molecular formula is C16H21N5O2. The van der Waals surface area contributed by atoms with Crippen LogP contribution in [0.15, 0.2) is 34.9 Å². The van der Waals surface area contributed by atoms with Crippen molar-refractivity contribution in [3.8, 4) is 11.4 Å². The zero-order chi connectivity index (χ0) is 16.2. The molecule has 1 aliphatic rings. The molecule has 0 radical (unpaired) electrons. The highest BCUT2D eigenvalue weighted by molar-refractivity contribution is 5.75. The third-order valence-corrected chi connectivity index (χ3v) is 4.17. The minimum absolute atomic E-state index is 0.0516. The zero-order valence-corrected chi connectivity index (χ0v) is 13.2. The van der Waals surface area contributed by atoms with E-state index in [0.717, 1.165) is 31.7 Å². The number of primary amides is 1. The topological polar surface area (TPSA) is 88.5 Å². The van der Waals surface area contributed by atoms with E-state index in [2.05, 4.69) is 26.9 Å². The van der Waals surface area contributed by atoms with Gasteiger partial charge in [-0.05, 0) is 6.92 Å². The van der Waals surface area contributed by atoms with Crippen LogP contribution in [-0.2, 0) is 4.79 Å². The summed E-state index contributed by atoms with van der Waals surface area (Å²) in [5, 5.41) is 4.07. The monoisotopic (exact) mass is 315 g/mol. The Morgan fingerprint density at radius 3 is 2.61 bits per heavy atom. The quantitative estimate of drug-likeness (QED) is 0.882. The summed E-state index contributed by atoms with van der Waals surface area (Å²) in [5.74, 6) is 0.947. The van der Waals surface area contributed by atoms with E-state index in [0.29, 0.717) is 18.3 Å². The molecule has 1 fully saturated rings. The van der Waals surface area contributed by atoms with Gasteiger partial charge in [-0.25, -0.2) is 0 Å². The van der Waals surface area contributed by atoms with Crippen LogP contribution in [-0.4, -0.2) is 58.6 Å². The van der Waals surface area contributed by atoms with Crippen molar-refractivity contribution >= 4 is 5.91 Å². The molecule has 0 spiro atoms. The molecule has 122 valence electrons. The van der Waals surface area contributed by atoms with Crippen LogP contribution in [0.3, 0.4) is 0 Å². The van der Waals surface area contributed by atoms with Crippen LogP contribution >= 0.6 is 0 Å². The predicted octanol–water partition coefficient (Wildman–Crippen LogP) is 0.900. The molecule has 0 saturated carbocycles. The van der Waals surface area contributed by atoms with E-state index in [4.69, 9.17) is 10.3 Å². The molecule has 1 atom stereocenters. The van der Waals surface area contributed by atoms with E-state index in [1.54, 1.807) is 0 Å². The van der Waals surface area contributed by atoms with Gasteiger partial charge in [0.1, 0.15) is 0 Å². The fraction of sp³-hybridized carbons (Fsp3) is 0.438. The Bertz CT molecular complexity index is 650. The summed E-state index contributed by atoms with van der Waals surface area (Å²) in [7, 11) is 0. The molecule has 23 heavy (non-hydrogen) atoms. The fourth-order valence-electron chi connectivity index (χ4n) is 2.79. The molecule has 7 heteroatoms. The lowest BCUT2D eigenvalue weighted by Crippen LogP contribution is -2.49. The van der Waals surface area contributed by atoms with E-state index >= 15 is 0 Å². The first-order chi connectivity index (χ1) is 11.1. The summed E-state index contributed by atoms with van der Waals surface area (Å²) in [6.07, 6.45) is 0. The van der Waals surface area contributed by atoms with Gasteiger partial charge < -0.3 is 10.3 Å². The van der Waals surface area contributed by atoms with Crippen LogP contribution in [0.2, 0.25) is 0 Å². The summed E-state index contributed by atoms with van der Waals surface area (Å²) in [6.45, 7) is 5.70. The number of carbonyl (C=O) groups excluding carboxylic acids is 1. The number of nitrogens with two attached hydrogens (primary N) is 1. The molecule has 1 amide bonds. The molecule has 0 bridgehead atoms. The van der Waals surface area contributed by atoms with E-state index < -0.39 is 0 Å². The molecular weight excluding hydrogens is 294 g/mol. The van der Waals surface area contributed by atoms with Crippen molar-refractivity contribution in [1.29, 1.82) is 0 Å². The lowest BCUT2D eigenvalue weighted by atomic mass is 10.2. The Morgan fingerprint density at radius 1 is 1.26 bits per heavy atom. The molecule has 1 saturated heterocycles. The van der Waals surface area contributed by atoms with E-state index in [9.17, 15) is 4.79 Å². The maximum absolute atomic E-state index is 11.0. The van der Waals surface area contributed by atoms with Gasteiger partial charge in [-0.15, -0.1) is 0 Å². The van der Waals surface area contributed by atoms with Gasteiger partial charge in [0.25, 0.3) is 0 Å². The van der Waals surface area contributed by atoms with E-state index in [-0.39, 0.29) is 11.9 Å². The van der Waals surface area contributed by atoms with Crippen molar-refractivity contribution in [2.45, 2.75) is 13.0 Å². The first-order valence-corrected chi connectivity index (χ1v) is 7.77. The highest BCUT2D eigenvalue weighted by atomic mass is 16.5. The van der Waals surface area contributed by atoms with Gasteiger partial charge in [-0.1, -0.05) is 35.5 Å². The van der Waals surface area contributed by atoms with Crippen molar-refractivity contribution in [3.63, 3.8) is 0 Å². The average Bonchev–Trinajstić information content (AvgIpc) is 3.05. The van der Waals surface area contributed by atoms with Crippen molar-refractivity contribution < 1.29 is 9.32 Å². The Labute approximate surface area is 135 Å². The van der Waals surface area contributed by atoms with Gasteiger partial charge in [-0.3, -0.25) is 14.6 Å². The molecule has 0 aliphatic carbocycles. The van der Waals surface area contributed by atoms with Crippen LogP contribution in [0.25, 0.3) is 11.4 Å². The largest absolute Gasteiger partial charge is 0.369 e. The fourth-order valence-corrected chi connectivity index (χ4v) is 2.79. The van der Waals surface area contributed by atoms with E-state index in [1.165, 1.54) is 0 Å². The highest BCUT2D eigenvalue weighted by Crippen LogP contribution is 2.23. The minimum Gasteiger partial charge on any atom is -0.369 e. The molecule has 2 heterocycles. The lowest BCUT2D eigenvalue weighted by Gasteiger charge is -2.36. The van der Waals surface area contributed by atoms with Crippen molar-refractivity contribution in [2.24, 2.45) is 5.73 Å².